The number of hydrogen-bond acceptors (Lipinski definition) is 5. The van der Waals surface area contributed by atoms with Crippen LogP contribution in [0.2, 0.25) is 0 Å². The van der Waals surface area contributed by atoms with Crippen molar-refractivity contribution in [1.29, 1.82) is 0 Å². The number of carbonyl (C=O) groups excluding carboxylic acids is 1. The van der Waals surface area contributed by atoms with Crippen LogP contribution in [0.1, 0.15) is 23.9 Å². The van der Waals surface area contributed by atoms with Gasteiger partial charge in [0.05, 0.1) is 5.75 Å². The molecule has 156 valence electrons. The highest BCUT2D eigenvalue weighted by atomic mass is 32.2. The summed E-state index contributed by atoms with van der Waals surface area (Å²) in [6.07, 6.45) is 1.46. The maximum atomic E-state index is 13.0. The third-order valence-electron chi connectivity index (χ3n) is 5.76. The van der Waals surface area contributed by atoms with Crippen LogP contribution in [0.5, 0.6) is 0 Å². The molecule has 0 bridgehead atoms. The zero-order valence-electron chi connectivity index (χ0n) is 17.2. The first-order valence-electron chi connectivity index (χ1n) is 10.3. The van der Waals surface area contributed by atoms with Gasteiger partial charge < -0.3 is 10.7 Å². The topological polar surface area (TPSA) is 77.0 Å². The van der Waals surface area contributed by atoms with Crippen LogP contribution >= 0.6 is 11.8 Å². The Morgan fingerprint density at radius 2 is 1.84 bits per heavy atom. The highest BCUT2D eigenvalue weighted by molar-refractivity contribution is 7.99. The number of aromatic nitrogens is 3. The molecule has 0 radical (unpaired) electrons. The highest BCUT2D eigenvalue weighted by Crippen LogP contribution is 2.32. The molecule has 0 saturated carbocycles. The van der Waals surface area contributed by atoms with Crippen LogP contribution in [0.15, 0.2) is 71.9 Å². The molecule has 6 nitrogen and oxygen atoms in total. The molecule has 1 aliphatic heterocycles. The number of nitrogens with zero attached hydrogens (tertiary/aromatic N) is 4. The lowest BCUT2D eigenvalue weighted by molar-refractivity contribution is -0.116. The van der Waals surface area contributed by atoms with Gasteiger partial charge in [0.15, 0.2) is 5.82 Å². The number of thioether (sulfide) groups is 1. The number of nitrogen functional groups attached to an aromatic ring is 1. The Kier molecular flexibility index (Phi) is 5.11. The third kappa shape index (κ3) is 3.65. The minimum atomic E-state index is 0.0565. The van der Waals surface area contributed by atoms with Crippen LogP contribution < -0.4 is 10.7 Å². The first-order chi connectivity index (χ1) is 15.1. The van der Waals surface area contributed by atoms with Gasteiger partial charge in [-0.1, -0.05) is 72.4 Å². The van der Waals surface area contributed by atoms with Crippen molar-refractivity contribution in [2.75, 3.05) is 16.5 Å². The zero-order valence-corrected chi connectivity index (χ0v) is 18.0. The molecule has 0 saturated heterocycles. The largest absolute Gasteiger partial charge is 0.336 e. The Hall–Kier alpha value is -3.32. The van der Waals surface area contributed by atoms with E-state index >= 15 is 0 Å². The van der Waals surface area contributed by atoms with E-state index in [0.29, 0.717) is 17.4 Å². The van der Waals surface area contributed by atoms with E-state index in [2.05, 4.69) is 47.5 Å². The first-order valence-corrected chi connectivity index (χ1v) is 11.3. The molecular formula is C24H23N5OS. The number of amides is 1. The lowest BCUT2D eigenvalue weighted by Crippen LogP contribution is -2.37. The molecule has 0 aliphatic carbocycles. The Morgan fingerprint density at radius 1 is 1.06 bits per heavy atom. The molecule has 1 amide bonds. The second kappa shape index (κ2) is 8.07. The number of fused-ring (bicyclic) bond motifs is 2. The summed E-state index contributed by atoms with van der Waals surface area (Å²) in [6.45, 7) is 2.08. The zero-order chi connectivity index (χ0) is 21.4. The number of carbonyl (C=O) groups is 1. The number of rotatable bonds is 5. The van der Waals surface area contributed by atoms with Crippen LogP contribution in [-0.4, -0.2) is 32.6 Å². The molecule has 0 spiro atoms. The Labute approximate surface area is 185 Å². The molecule has 31 heavy (non-hydrogen) atoms. The number of anilines is 1. The average molecular weight is 430 g/mol. The summed E-state index contributed by atoms with van der Waals surface area (Å²) in [5, 5.41) is 11.4. The van der Waals surface area contributed by atoms with Crippen molar-refractivity contribution in [2.45, 2.75) is 31.0 Å². The van der Waals surface area contributed by atoms with E-state index < -0.39 is 0 Å². The van der Waals surface area contributed by atoms with Gasteiger partial charge in [0.2, 0.25) is 11.1 Å². The summed E-state index contributed by atoms with van der Waals surface area (Å²) < 4.78 is 1.50. The van der Waals surface area contributed by atoms with Gasteiger partial charge in [-0.3, -0.25) is 4.79 Å². The molecule has 1 atom stereocenters. The molecule has 3 aromatic carbocycles. The van der Waals surface area contributed by atoms with Crippen LogP contribution in [0, 0.1) is 0 Å². The van der Waals surface area contributed by atoms with Gasteiger partial charge in [0.1, 0.15) is 0 Å². The van der Waals surface area contributed by atoms with Crippen molar-refractivity contribution in [3.8, 4) is 0 Å². The van der Waals surface area contributed by atoms with E-state index in [1.165, 1.54) is 32.8 Å². The summed E-state index contributed by atoms with van der Waals surface area (Å²) in [7, 11) is 0. The lowest BCUT2D eigenvalue weighted by Gasteiger charge is -2.22. The highest BCUT2D eigenvalue weighted by Gasteiger charge is 2.30. The quantitative estimate of drug-likeness (QED) is 0.386. The van der Waals surface area contributed by atoms with E-state index in [1.54, 1.807) is 0 Å². The molecule has 2 N–H and O–H groups in total. The summed E-state index contributed by atoms with van der Waals surface area (Å²) in [4.78, 5) is 14.8. The van der Waals surface area contributed by atoms with E-state index in [4.69, 9.17) is 5.84 Å². The fourth-order valence-electron chi connectivity index (χ4n) is 4.28. The van der Waals surface area contributed by atoms with Crippen LogP contribution in [-0.2, 0) is 17.6 Å². The van der Waals surface area contributed by atoms with Crippen molar-refractivity contribution < 1.29 is 4.79 Å². The van der Waals surface area contributed by atoms with Crippen LogP contribution in [0.25, 0.3) is 10.8 Å². The summed E-state index contributed by atoms with van der Waals surface area (Å²) in [5.41, 5.74) is 3.37. The number of para-hydroxylation sites is 1. The van der Waals surface area contributed by atoms with Crippen molar-refractivity contribution in [1.82, 2.24) is 14.9 Å². The molecule has 1 unspecified atom stereocenters. The second-order valence-electron chi connectivity index (χ2n) is 7.82. The molecule has 1 aromatic heterocycles. The normalized spacial score (nSPS) is 15.4. The van der Waals surface area contributed by atoms with Gasteiger partial charge in [-0.15, -0.1) is 10.2 Å². The van der Waals surface area contributed by atoms with Crippen molar-refractivity contribution in [2.24, 2.45) is 0 Å². The van der Waals surface area contributed by atoms with Gasteiger partial charge in [-0.2, -0.15) is 0 Å². The number of hydrogen-bond donors (Lipinski definition) is 1. The Morgan fingerprint density at radius 3 is 2.74 bits per heavy atom. The van der Waals surface area contributed by atoms with Gasteiger partial charge in [0, 0.05) is 18.2 Å². The molecular weight excluding hydrogens is 406 g/mol. The van der Waals surface area contributed by atoms with E-state index in [9.17, 15) is 4.79 Å². The fourth-order valence-corrected chi connectivity index (χ4v) is 5.02. The monoisotopic (exact) mass is 429 g/mol. The molecule has 0 fully saturated rings. The van der Waals surface area contributed by atoms with E-state index in [-0.39, 0.29) is 17.7 Å². The molecule has 1 aliphatic rings. The average Bonchev–Trinajstić information content (AvgIpc) is 3.31. The van der Waals surface area contributed by atoms with Crippen LogP contribution in [0.3, 0.4) is 0 Å². The van der Waals surface area contributed by atoms with Crippen molar-refractivity contribution >= 4 is 34.1 Å². The SMILES string of the molecule is CC1Cc2ccccc2N1C(=O)CSc1nnc(Cc2cccc3ccccc23)n1N. The minimum Gasteiger partial charge on any atom is -0.336 e. The fraction of sp³-hybridized carbons (Fsp3) is 0.208. The number of nitrogens with two attached hydrogens (primary N) is 1. The smallest absolute Gasteiger partial charge is 0.237 e. The summed E-state index contributed by atoms with van der Waals surface area (Å²) in [6, 6.07) is 22.7. The Balaban J connectivity index is 1.30. The second-order valence-corrected chi connectivity index (χ2v) is 8.76. The van der Waals surface area contributed by atoms with Gasteiger partial charge >= 0.3 is 0 Å². The maximum Gasteiger partial charge on any atom is 0.237 e. The molecule has 2 heterocycles. The molecule has 4 aromatic rings. The molecule has 5 rings (SSSR count). The van der Waals surface area contributed by atoms with Gasteiger partial charge in [-0.05, 0) is 41.3 Å². The minimum absolute atomic E-state index is 0.0565. The molecule has 7 heteroatoms. The first kappa shape index (κ1) is 19.6. The van der Waals surface area contributed by atoms with Crippen LogP contribution in [0.4, 0.5) is 5.69 Å². The third-order valence-corrected chi connectivity index (χ3v) is 6.69. The lowest BCUT2D eigenvalue weighted by atomic mass is 10.0. The standard InChI is InChI=1S/C24H23N5OS/c1-16-13-19-8-3-5-12-21(19)28(16)23(30)15-31-24-27-26-22(29(24)25)14-18-10-6-9-17-7-2-4-11-20(17)18/h2-12,16H,13-15,25H2,1H3. The van der Waals surface area contributed by atoms with Crippen molar-refractivity contribution in [3.63, 3.8) is 0 Å². The summed E-state index contributed by atoms with van der Waals surface area (Å²) in [5.74, 6) is 7.28. The maximum absolute atomic E-state index is 13.0. The van der Waals surface area contributed by atoms with Crippen molar-refractivity contribution in [3.05, 3.63) is 83.7 Å². The number of benzene rings is 3. The predicted molar refractivity (Wildman–Crippen MR) is 125 cm³/mol. The van der Waals surface area contributed by atoms with E-state index in [1.807, 2.05) is 41.3 Å². The predicted octanol–water partition coefficient (Wildman–Crippen LogP) is 3.81. The summed E-state index contributed by atoms with van der Waals surface area (Å²) >= 11 is 1.33. The van der Waals surface area contributed by atoms with Gasteiger partial charge in [-0.25, -0.2) is 4.68 Å². The van der Waals surface area contributed by atoms with E-state index in [0.717, 1.165) is 17.7 Å². The van der Waals surface area contributed by atoms with Gasteiger partial charge in [0.25, 0.3) is 0 Å². The Bertz CT molecular complexity index is 1260.